The fourth-order valence-corrected chi connectivity index (χ4v) is 1.65. The number of aryl methyl sites for hydroxylation is 1. The summed E-state index contributed by atoms with van der Waals surface area (Å²) in [7, 11) is 0. The quantitative estimate of drug-likeness (QED) is 0.790. The molecule has 2 heterocycles. The van der Waals surface area contributed by atoms with Gasteiger partial charge in [0.2, 0.25) is 0 Å². The van der Waals surface area contributed by atoms with Crippen molar-refractivity contribution in [1.29, 1.82) is 0 Å². The molecular formula is C10H16N2O2. The van der Waals surface area contributed by atoms with Crippen LogP contribution in [0.1, 0.15) is 24.3 Å². The van der Waals surface area contributed by atoms with Gasteiger partial charge in [0.25, 0.3) is 0 Å². The number of nitrogens with zero attached hydrogens (tertiary/aromatic N) is 1. The average Bonchev–Trinajstić information content (AvgIpc) is 2.63. The Morgan fingerprint density at radius 1 is 1.57 bits per heavy atom. The van der Waals surface area contributed by atoms with E-state index in [4.69, 9.17) is 9.26 Å². The van der Waals surface area contributed by atoms with E-state index >= 15 is 0 Å². The third kappa shape index (κ3) is 2.56. The van der Waals surface area contributed by atoms with Gasteiger partial charge in [-0.25, -0.2) is 0 Å². The number of ether oxygens (including phenoxy) is 1. The van der Waals surface area contributed by atoms with Crippen LogP contribution in [-0.4, -0.2) is 24.4 Å². The smallest absolute Gasteiger partial charge is 0.134 e. The molecule has 14 heavy (non-hydrogen) atoms. The van der Waals surface area contributed by atoms with Crippen molar-refractivity contribution in [2.75, 3.05) is 13.1 Å². The van der Waals surface area contributed by atoms with Crippen molar-refractivity contribution >= 4 is 0 Å². The molecule has 1 fully saturated rings. The van der Waals surface area contributed by atoms with E-state index in [9.17, 15) is 0 Å². The summed E-state index contributed by atoms with van der Waals surface area (Å²) in [5, 5.41) is 7.19. The van der Waals surface area contributed by atoms with E-state index in [0.717, 1.165) is 37.4 Å². The lowest BCUT2D eigenvalue weighted by atomic mass is 10.1. The first-order valence-electron chi connectivity index (χ1n) is 5.09. The van der Waals surface area contributed by atoms with E-state index in [1.165, 1.54) is 0 Å². The summed E-state index contributed by atoms with van der Waals surface area (Å²) in [6.07, 6.45) is 2.57. The first-order valence-corrected chi connectivity index (χ1v) is 5.09. The summed E-state index contributed by atoms with van der Waals surface area (Å²) in [6.45, 7) is 4.58. The molecule has 4 nitrogen and oxygen atoms in total. The van der Waals surface area contributed by atoms with Gasteiger partial charge in [0, 0.05) is 6.07 Å². The fraction of sp³-hybridized carbons (Fsp3) is 0.700. The first kappa shape index (κ1) is 9.68. The molecule has 0 unspecified atom stereocenters. The molecular weight excluding hydrogens is 180 g/mol. The van der Waals surface area contributed by atoms with Gasteiger partial charge in [0.15, 0.2) is 0 Å². The molecule has 1 saturated heterocycles. The molecule has 1 aliphatic rings. The molecule has 0 amide bonds. The third-order valence-corrected chi connectivity index (χ3v) is 2.43. The van der Waals surface area contributed by atoms with Gasteiger partial charge in [-0.1, -0.05) is 5.16 Å². The molecule has 0 bridgehead atoms. The summed E-state index contributed by atoms with van der Waals surface area (Å²) >= 11 is 0. The molecule has 2 rings (SSSR count). The monoisotopic (exact) mass is 196 g/mol. The molecule has 1 aromatic rings. The Hall–Kier alpha value is -0.870. The zero-order valence-electron chi connectivity index (χ0n) is 8.45. The van der Waals surface area contributed by atoms with Crippen LogP contribution in [0, 0.1) is 6.92 Å². The lowest BCUT2D eigenvalue weighted by Gasteiger charge is -2.22. The third-order valence-electron chi connectivity index (χ3n) is 2.43. The van der Waals surface area contributed by atoms with E-state index in [2.05, 4.69) is 10.5 Å². The van der Waals surface area contributed by atoms with Crippen LogP contribution in [0.25, 0.3) is 0 Å². The summed E-state index contributed by atoms with van der Waals surface area (Å²) in [5.41, 5.74) is 0.890. The molecule has 4 heteroatoms. The van der Waals surface area contributed by atoms with Crippen molar-refractivity contribution in [1.82, 2.24) is 10.5 Å². The molecule has 1 aromatic heterocycles. The van der Waals surface area contributed by atoms with Crippen molar-refractivity contribution in [2.45, 2.75) is 32.5 Å². The average molecular weight is 196 g/mol. The largest absolute Gasteiger partial charge is 0.372 e. The molecule has 0 radical (unpaired) electrons. The van der Waals surface area contributed by atoms with Gasteiger partial charge in [-0.05, 0) is 32.9 Å². The van der Waals surface area contributed by atoms with Gasteiger partial charge in [0.1, 0.15) is 11.5 Å². The second kappa shape index (κ2) is 4.57. The molecule has 0 atom stereocenters. The minimum absolute atomic E-state index is 0.383. The Kier molecular flexibility index (Phi) is 3.16. The van der Waals surface area contributed by atoms with Gasteiger partial charge < -0.3 is 14.6 Å². The van der Waals surface area contributed by atoms with Gasteiger partial charge in [-0.3, -0.25) is 0 Å². The normalized spacial score (nSPS) is 18.6. The molecule has 0 saturated carbocycles. The van der Waals surface area contributed by atoms with Crippen LogP contribution >= 0.6 is 0 Å². The Morgan fingerprint density at radius 3 is 3.00 bits per heavy atom. The van der Waals surface area contributed by atoms with Crippen molar-refractivity contribution in [3.05, 3.63) is 17.5 Å². The van der Waals surface area contributed by atoms with Crippen LogP contribution in [-0.2, 0) is 11.3 Å². The van der Waals surface area contributed by atoms with E-state index < -0.39 is 0 Å². The predicted molar refractivity (Wildman–Crippen MR) is 51.9 cm³/mol. The minimum atomic E-state index is 0.383. The van der Waals surface area contributed by atoms with Gasteiger partial charge in [-0.15, -0.1) is 0 Å². The maximum atomic E-state index is 5.72. The Morgan fingerprint density at radius 2 is 2.36 bits per heavy atom. The standard InChI is InChI=1S/C10H16N2O2/c1-8-6-9(12-14-8)7-13-10-2-4-11-5-3-10/h6,10-11H,2-5,7H2,1H3. The maximum absolute atomic E-state index is 5.72. The Labute approximate surface area is 83.6 Å². The molecule has 1 aliphatic heterocycles. The number of rotatable bonds is 3. The van der Waals surface area contributed by atoms with E-state index in [1.54, 1.807) is 0 Å². The van der Waals surface area contributed by atoms with Gasteiger partial charge >= 0.3 is 0 Å². The van der Waals surface area contributed by atoms with Crippen LogP contribution in [0.2, 0.25) is 0 Å². The SMILES string of the molecule is Cc1cc(COC2CCNCC2)no1. The second-order valence-corrected chi connectivity index (χ2v) is 3.69. The van der Waals surface area contributed by atoms with Crippen LogP contribution in [0.5, 0.6) is 0 Å². The van der Waals surface area contributed by atoms with Crippen LogP contribution in [0.4, 0.5) is 0 Å². The van der Waals surface area contributed by atoms with Crippen LogP contribution < -0.4 is 5.32 Å². The van der Waals surface area contributed by atoms with Gasteiger partial charge in [-0.2, -0.15) is 0 Å². The number of aromatic nitrogens is 1. The van der Waals surface area contributed by atoms with Crippen LogP contribution in [0.15, 0.2) is 10.6 Å². The number of hydrogen-bond donors (Lipinski definition) is 1. The topological polar surface area (TPSA) is 47.3 Å². The van der Waals surface area contributed by atoms with E-state index in [1.807, 2.05) is 13.0 Å². The molecule has 1 N–H and O–H groups in total. The fourth-order valence-electron chi connectivity index (χ4n) is 1.65. The zero-order chi connectivity index (χ0) is 9.80. The lowest BCUT2D eigenvalue weighted by molar-refractivity contribution is 0.0185. The Balaban J connectivity index is 1.76. The van der Waals surface area contributed by atoms with Crippen molar-refractivity contribution in [3.8, 4) is 0 Å². The van der Waals surface area contributed by atoms with Crippen molar-refractivity contribution in [2.24, 2.45) is 0 Å². The molecule has 0 aliphatic carbocycles. The highest BCUT2D eigenvalue weighted by molar-refractivity contribution is 5.01. The van der Waals surface area contributed by atoms with Crippen molar-refractivity contribution < 1.29 is 9.26 Å². The maximum Gasteiger partial charge on any atom is 0.134 e. The van der Waals surface area contributed by atoms with Crippen LogP contribution in [0.3, 0.4) is 0 Å². The second-order valence-electron chi connectivity index (χ2n) is 3.69. The lowest BCUT2D eigenvalue weighted by Crippen LogP contribution is -2.32. The van der Waals surface area contributed by atoms with E-state index in [-0.39, 0.29) is 0 Å². The summed E-state index contributed by atoms with van der Waals surface area (Å²) < 4.78 is 10.7. The Bertz CT molecular complexity index is 279. The van der Waals surface area contributed by atoms with Crippen molar-refractivity contribution in [3.63, 3.8) is 0 Å². The van der Waals surface area contributed by atoms with Gasteiger partial charge in [0.05, 0.1) is 12.7 Å². The number of hydrogen-bond acceptors (Lipinski definition) is 4. The molecule has 0 aromatic carbocycles. The highest BCUT2D eigenvalue weighted by atomic mass is 16.5. The zero-order valence-corrected chi connectivity index (χ0v) is 8.45. The molecule has 0 spiro atoms. The summed E-state index contributed by atoms with van der Waals surface area (Å²) in [6, 6.07) is 1.92. The van der Waals surface area contributed by atoms with E-state index in [0.29, 0.717) is 12.7 Å². The highest BCUT2D eigenvalue weighted by Crippen LogP contribution is 2.10. The summed E-state index contributed by atoms with van der Waals surface area (Å²) in [4.78, 5) is 0. The minimum Gasteiger partial charge on any atom is -0.372 e. The predicted octanol–water partition coefficient (Wildman–Crippen LogP) is 1.25. The summed E-state index contributed by atoms with van der Waals surface area (Å²) in [5.74, 6) is 0.842. The number of nitrogens with one attached hydrogen (secondary N) is 1. The molecule has 78 valence electrons. The highest BCUT2D eigenvalue weighted by Gasteiger charge is 2.13. The first-order chi connectivity index (χ1) is 6.84. The number of piperidine rings is 1.